The molecule has 3 N–H and O–H groups in total. The summed E-state index contributed by atoms with van der Waals surface area (Å²) in [5.74, 6) is -0.211. The van der Waals surface area contributed by atoms with Gasteiger partial charge in [-0.15, -0.1) is 0 Å². The van der Waals surface area contributed by atoms with Crippen LogP contribution < -0.4 is 10.9 Å². The molecule has 0 atom stereocenters. The zero-order chi connectivity index (χ0) is 16.4. The summed E-state index contributed by atoms with van der Waals surface area (Å²) in [4.78, 5) is 15.3. The van der Waals surface area contributed by atoms with E-state index in [-0.39, 0.29) is 12.3 Å². The quantitative estimate of drug-likeness (QED) is 0.579. The van der Waals surface area contributed by atoms with Crippen LogP contribution >= 0.6 is 34.8 Å². The first-order valence-corrected chi connectivity index (χ1v) is 7.92. The van der Waals surface area contributed by atoms with Gasteiger partial charge in [0, 0.05) is 22.1 Å². The summed E-state index contributed by atoms with van der Waals surface area (Å²) in [6.45, 7) is 0. The lowest BCUT2D eigenvalue weighted by molar-refractivity contribution is -0.119. The molecule has 1 heterocycles. The third-order valence-corrected chi connectivity index (χ3v) is 4.17. The lowest BCUT2D eigenvalue weighted by Gasteiger charge is -2.12. The number of rotatable bonds is 4. The Labute approximate surface area is 147 Å². The highest BCUT2D eigenvalue weighted by Gasteiger charge is 2.11. The molecule has 0 saturated carbocycles. The predicted molar refractivity (Wildman–Crippen MR) is 95.2 cm³/mol. The molecule has 0 radical (unpaired) electrons. The summed E-state index contributed by atoms with van der Waals surface area (Å²) < 4.78 is 0. The largest absolute Gasteiger partial charge is 0.361 e. The number of halogens is 3. The molecular formula is C16H12Cl3N3O. The Morgan fingerprint density at radius 1 is 1.09 bits per heavy atom. The molecule has 0 bridgehead atoms. The van der Waals surface area contributed by atoms with Crippen molar-refractivity contribution in [3.63, 3.8) is 0 Å². The number of benzene rings is 2. The van der Waals surface area contributed by atoms with E-state index in [9.17, 15) is 4.79 Å². The first-order valence-electron chi connectivity index (χ1n) is 6.79. The standard InChI is InChI=1S/C16H12Cl3N3O/c17-10-6-12(18)16(13(19)7-10)22-21-15(23)5-9-8-20-14-4-2-1-3-11(9)14/h1-4,6-8,20,22H,5H2,(H,21,23). The van der Waals surface area contributed by atoms with Crippen LogP contribution in [0.15, 0.2) is 42.6 Å². The Morgan fingerprint density at radius 3 is 2.52 bits per heavy atom. The number of amides is 1. The third kappa shape index (κ3) is 3.55. The van der Waals surface area contributed by atoms with Gasteiger partial charge in [0.15, 0.2) is 0 Å². The lowest BCUT2D eigenvalue weighted by Crippen LogP contribution is -2.31. The molecule has 118 valence electrons. The van der Waals surface area contributed by atoms with Gasteiger partial charge in [-0.1, -0.05) is 53.0 Å². The summed E-state index contributed by atoms with van der Waals surface area (Å²) in [5.41, 5.74) is 7.64. The van der Waals surface area contributed by atoms with Crippen molar-refractivity contribution in [3.8, 4) is 0 Å². The van der Waals surface area contributed by atoms with Crippen molar-refractivity contribution in [2.24, 2.45) is 0 Å². The van der Waals surface area contributed by atoms with E-state index < -0.39 is 0 Å². The molecule has 0 aliphatic heterocycles. The number of para-hydroxylation sites is 1. The average molecular weight is 369 g/mol. The molecule has 0 saturated heterocycles. The van der Waals surface area contributed by atoms with Gasteiger partial charge in [0.05, 0.1) is 22.2 Å². The van der Waals surface area contributed by atoms with E-state index in [2.05, 4.69) is 15.8 Å². The number of aromatic amines is 1. The van der Waals surface area contributed by atoms with E-state index in [4.69, 9.17) is 34.8 Å². The number of fused-ring (bicyclic) bond motifs is 1. The molecule has 4 nitrogen and oxygen atoms in total. The maximum Gasteiger partial charge on any atom is 0.242 e. The Morgan fingerprint density at radius 2 is 1.78 bits per heavy atom. The molecule has 0 spiro atoms. The number of nitrogens with one attached hydrogen (secondary N) is 3. The first kappa shape index (κ1) is 16.0. The Bertz CT molecular complexity index is 853. The zero-order valence-corrected chi connectivity index (χ0v) is 14.1. The molecule has 0 unspecified atom stereocenters. The highest BCUT2D eigenvalue weighted by atomic mass is 35.5. The van der Waals surface area contributed by atoms with E-state index in [0.717, 1.165) is 16.5 Å². The molecule has 2 aromatic carbocycles. The van der Waals surface area contributed by atoms with Crippen LogP contribution in [0.2, 0.25) is 15.1 Å². The maximum atomic E-state index is 12.1. The minimum Gasteiger partial charge on any atom is -0.361 e. The lowest BCUT2D eigenvalue weighted by atomic mass is 10.1. The Balaban J connectivity index is 1.69. The van der Waals surface area contributed by atoms with E-state index >= 15 is 0 Å². The highest BCUT2D eigenvalue weighted by molar-refractivity contribution is 6.41. The van der Waals surface area contributed by atoms with Gasteiger partial charge >= 0.3 is 0 Å². The van der Waals surface area contributed by atoms with E-state index in [1.54, 1.807) is 12.1 Å². The van der Waals surface area contributed by atoms with Gasteiger partial charge in [-0.25, -0.2) is 0 Å². The summed E-state index contributed by atoms with van der Waals surface area (Å²) in [6.07, 6.45) is 2.05. The smallest absolute Gasteiger partial charge is 0.242 e. The molecule has 1 aromatic heterocycles. The molecule has 0 aliphatic rings. The second kappa shape index (κ2) is 6.71. The van der Waals surface area contributed by atoms with Crippen molar-refractivity contribution in [2.75, 3.05) is 5.43 Å². The maximum absolute atomic E-state index is 12.1. The van der Waals surface area contributed by atoms with E-state index in [1.807, 2.05) is 30.5 Å². The average Bonchev–Trinajstić information content (AvgIpc) is 2.89. The van der Waals surface area contributed by atoms with Crippen molar-refractivity contribution in [1.29, 1.82) is 0 Å². The molecule has 7 heteroatoms. The van der Waals surface area contributed by atoms with Gasteiger partial charge in [0.2, 0.25) is 5.91 Å². The summed E-state index contributed by atoms with van der Waals surface area (Å²) >= 11 is 18.0. The molecule has 0 aliphatic carbocycles. The van der Waals surface area contributed by atoms with Gasteiger partial charge in [-0.3, -0.25) is 15.6 Å². The van der Waals surface area contributed by atoms with Crippen molar-refractivity contribution in [2.45, 2.75) is 6.42 Å². The fourth-order valence-electron chi connectivity index (χ4n) is 2.29. The number of anilines is 1. The molecule has 3 aromatic rings. The van der Waals surface area contributed by atoms with Crippen LogP contribution in [0, 0.1) is 0 Å². The summed E-state index contributed by atoms with van der Waals surface area (Å²) in [6, 6.07) is 10.9. The third-order valence-electron chi connectivity index (χ3n) is 3.36. The van der Waals surface area contributed by atoms with Gasteiger partial charge < -0.3 is 4.98 Å². The van der Waals surface area contributed by atoms with Crippen molar-refractivity contribution in [3.05, 3.63) is 63.2 Å². The van der Waals surface area contributed by atoms with Gasteiger partial charge in [0.1, 0.15) is 0 Å². The second-order valence-electron chi connectivity index (χ2n) is 4.95. The zero-order valence-electron chi connectivity index (χ0n) is 11.8. The molecule has 0 fully saturated rings. The predicted octanol–water partition coefficient (Wildman–Crippen LogP) is 4.81. The van der Waals surface area contributed by atoms with Crippen LogP contribution in [0.1, 0.15) is 5.56 Å². The minimum absolute atomic E-state index is 0.211. The fraction of sp³-hybridized carbons (Fsp3) is 0.0625. The molecule has 23 heavy (non-hydrogen) atoms. The van der Waals surface area contributed by atoms with Gasteiger partial charge in [-0.05, 0) is 23.8 Å². The van der Waals surface area contributed by atoms with Crippen molar-refractivity contribution in [1.82, 2.24) is 10.4 Å². The van der Waals surface area contributed by atoms with Crippen LogP contribution in [-0.4, -0.2) is 10.9 Å². The summed E-state index contributed by atoms with van der Waals surface area (Å²) in [7, 11) is 0. The number of hydrazine groups is 1. The summed E-state index contributed by atoms with van der Waals surface area (Å²) in [5, 5.41) is 2.10. The van der Waals surface area contributed by atoms with Crippen molar-refractivity contribution < 1.29 is 4.79 Å². The monoisotopic (exact) mass is 367 g/mol. The SMILES string of the molecule is O=C(Cc1c[nH]c2ccccc12)NNc1c(Cl)cc(Cl)cc1Cl. The molecule has 3 rings (SSSR count). The van der Waals surface area contributed by atoms with Crippen LogP contribution in [0.4, 0.5) is 5.69 Å². The fourth-order valence-corrected chi connectivity index (χ4v) is 3.20. The van der Waals surface area contributed by atoms with Gasteiger partial charge in [0.25, 0.3) is 0 Å². The number of carbonyl (C=O) groups is 1. The highest BCUT2D eigenvalue weighted by Crippen LogP contribution is 2.33. The number of hydrogen-bond donors (Lipinski definition) is 3. The van der Waals surface area contributed by atoms with Crippen molar-refractivity contribution >= 4 is 57.3 Å². The normalized spacial score (nSPS) is 10.7. The molecular weight excluding hydrogens is 357 g/mol. The number of H-pyrrole nitrogens is 1. The number of aromatic nitrogens is 1. The van der Waals surface area contributed by atoms with Crippen LogP contribution in [0.5, 0.6) is 0 Å². The Kier molecular flexibility index (Phi) is 4.66. The minimum atomic E-state index is -0.211. The Hall–Kier alpha value is -1.88. The van der Waals surface area contributed by atoms with E-state index in [1.165, 1.54) is 0 Å². The topological polar surface area (TPSA) is 56.9 Å². The first-order chi connectivity index (χ1) is 11.0. The second-order valence-corrected chi connectivity index (χ2v) is 6.20. The molecule has 1 amide bonds. The van der Waals surface area contributed by atoms with Crippen LogP contribution in [-0.2, 0) is 11.2 Å². The number of carbonyl (C=O) groups excluding carboxylic acids is 1. The van der Waals surface area contributed by atoms with E-state index in [0.29, 0.717) is 20.8 Å². The number of hydrogen-bond acceptors (Lipinski definition) is 2. The van der Waals surface area contributed by atoms with Gasteiger partial charge in [-0.2, -0.15) is 0 Å². The van der Waals surface area contributed by atoms with Crippen LogP contribution in [0.3, 0.4) is 0 Å². The van der Waals surface area contributed by atoms with Crippen LogP contribution in [0.25, 0.3) is 10.9 Å².